The van der Waals surface area contributed by atoms with Crippen molar-refractivity contribution in [2.24, 2.45) is 14.1 Å². The van der Waals surface area contributed by atoms with Gasteiger partial charge in [-0.3, -0.25) is 9.97 Å². The molecule has 0 radical (unpaired) electrons. The van der Waals surface area contributed by atoms with Crippen LogP contribution in [0.15, 0.2) is 134 Å². The van der Waals surface area contributed by atoms with Gasteiger partial charge in [0.15, 0.2) is 0 Å². The predicted octanol–water partition coefficient (Wildman–Crippen LogP) is 8.57. The van der Waals surface area contributed by atoms with Gasteiger partial charge in [-0.2, -0.15) is 0 Å². The Hall–Kier alpha value is -5.73. The van der Waals surface area contributed by atoms with E-state index in [1.807, 2.05) is 78.2 Å². The van der Waals surface area contributed by atoms with E-state index in [1.165, 1.54) is 11.1 Å². The van der Waals surface area contributed by atoms with Crippen LogP contribution in [0.1, 0.15) is 11.1 Å². The summed E-state index contributed by atoms with van der Waals surface area (Å²) in [6, 6.07) is 36.2. The Morgan fingerprint density at radius 3 is 1.76 bits per heavy atom. The van der Waals surface area contributed by atoms with Crippen molar-refractivity contribution in [3.63, 3.8) is 0 Å². The minimum absolute atomic E-state index is 0.686. The van der Waals surface area contributed by atoms with Crippen LogP contribution in [0.3, 0.4) is 0 Å². The first-order valence-corrected chi connectivity index (χ1v) is 16.2. The van der Waals surface area contributed by atoms with Gasteiger partial charge in [-0.25, -0.2) is 4.98 Å². The molecule has 7 nitrogen and oxygen atoms in total. The average Bonchev–Trinajstić information content (AvgIpc) is 3.69. The molecule has 0 N–H and O–H groups in total. The van der Waals surface area contributed by atoms with Gasteiger partial charge < -0.3 is 4.57 Å². The molecule has 0 atom stereocenters. The maximum atomic E-state index is 10.5. The molecule has 4 aromatic carbocycles. The van der Waals surface area contributed by atoms with Crippen molar-refractivity contribution >= 4 is 46.3 Å². The number of imidazole rings is 2. The summed E-state index contributed by atoms with van der Waals surface area (Å²) in [4.78, 5) is 17.4. The van der Waals surface area contributed by atoms with Crippen LogP contribution in [-0.2, 0) is 18.8 Å². The Morgan fingerprint density at radius 2 is 1.14 bits per heavy atom. The van der Waals surface area contributed by atoms with Crippen molar-refractivity contribution in [1.82, 2.24) is 29.1 Å². The Labute approximate surface area is 291 Å². The van der Waals surface area contributed by atoms with Crippen LogP contribution in [0.2, 0.25) is 5.02 Å². The van der Waals surface area contributed by atoms with Crippen molar-refractivity contribution in [1.29, 1.82) is 0 Å². The van der Waals surface area contributed by atoms with Crippen LogP contribution in [-0.4, -0.2) is 36.2 Å². The third-order valence-electron chi connectivity index (χ3n) is 8.07. The number of fused-ring (bicyclic) bond motifs is 2. The molecular formula is C40H34BClN6O. The number of benzene rings is 4. The first kappa shape index (κ1) is 33.2. The summed E-state index contributed by atoms with van der Waals surface area (Å²) in [5.41, 5.74) is 13.5. The summed E-state index contributed by atoms with van der Waals surface area (Å²) in [7, 11) is 4.76. The first-order chi connectivity index (χ1) is 23.8. The van der Waals surface area contributed by atoms with Crippen LogP contribution in [0.4, 0.5) is 0 Å². The van der Waals surface area contributed by atoms with E-state index < -0.39 is 0 Å². The van der Waals surface area contributed by atoms with E-state index in [9.17, 15) is 4.70 Å². The molecule has 0 amide bonds. The zero-order chi connectivity index (χ0) is 34.3. The second-order valence-corrected chi connectivity index (χ2v) is 12.2. The first-order valence-electron chi connectivity index (χ1n) is 15.8. The van der Waals surface area contributed by atoms with Crippen molar-refractivity contribution in [2.75, 3.05) is 0 Å². The van der Waals surface area contributed by atoms with E-state index in [4.69, 9.17) is 11.6 Å². The molecule has 0 aliphatic rings. The maximum absolute atomic E-state index is 10.5. The number of pyridine rings is 2. The van der Waals surface area contributed by atoms with Gasteiger partial charge in [0.25, 0.3) is 0 Å². The Kier molecular flexibility index (Phi) is 10.2. The van der Waals surface area contributed by atoms with E-state index in [-0.39, 0.29) is 0 Å². The molecule has 0 aliphatic heterocycles. The zero-order valence-electron chi connectivity index (χ0n) is 27.7. The predicted molar refractivity (Wildman–Crippen MR) is 200 cm³/mol. The van der Waals surface area contributed by atoms with Crippen LogP contribution < -0.4 is 5.46 Å². The van der Waals surface area contributed by atoms with E-state index in [2.05, 4.69) is 94.4 Å². The second-order valence-electron chi connectivity index (χ2n) is 11.8. The summed E-state index contributed by atoms with van der Waals surface area (Å²) < 4.78 is 14.4. The standard InChI is InChI=1S/C20H17N3.C12H10ClN.C8H7BN2O/c1-14-5-3-6-16(11-14)20-17(7-4-10-21-20)15-8-9-18-19(12-15)23(2)13-22-18;1-9-4-2-5-10(8-9)12-11(13)6-3-7-14-12;1-11-5-10-7-3-2-6(9-12)4-8(7)11/h3-13H,1-2H3;2-8H,1H3;2-5H,1H3. The van der Waals surface area contributed by atoms with Crippen molar-refractivity contribution in [3.05, 3.63) is 150 Å². The fourth-order valence-electron chi connectivity index (χ4n) is 5.56. The van der Waals surface area contributed by atoms with Crippen LogP contribution >= 0.6 is 11.6 Å². The number of hydrogen-bond acceptors (Lipinski definition) is 5. The molecule has 0 saturated carbocycles. The van der Waals surface area contributed by atoms with E-state index in [1.54, 1.807) is 18.6 Å². The molecule has 0 saturated heterocycles. The van der Waals surface area contributed by atoms with Crippen LogP contribution in [0, 0.1) is 13.8 Å². The SMILES string of the molecule is Cc1cccc(-c2ncccc2-c2ccc3ncn(C)c3c2)c1.Cc1cccc(-c2ncccc2Cl)c1.Cn1cnc2ccc(B=O)cc21. The molecule has 0 unspecified atom stereocenters. The number of hydrogen-bond donors (Lipinski definition) is 0. The minimum atomic E-state index is 0.686. The molecule has 240 valence electrons. The van der Waals surface area contributed by atoms with Gasteiger partial charge in [0.2, 0.25) is 0 Å². The average molecular weight is 661 g/mol. The van der Waals surface area contributed by atoms with E-state index in [0.29, 0.717) is 10.5 Å². The fourth-order valence-corrected chi connectivity index (χ4v) is 5.79. The molecule has 0 bridgehead atoms. The monoisotopic (exact) mass is 660 g/mol. The molecule has 0 aliphatic carbocycles. The number of rotatable bonds is 4. The molecule has 9 heteroatoms. The third kappa shape index (κ3) is 7.72. The molecule has 8 aromatic rings. The van der Waals surface area contributed by atoms with Gasteiger partial charge in [-0.15, -0.1) is 0 Å². The van der Waals surface area contributed by atoms with E-state index >= 15 is 0 Å². The van der Waals surface area contributed by atoms with Gasteiger partial charge in [-0.05, 0) is 61.9 Å². The number of halogens is 1. The van der Waals surface area contributed by atoms with Crippen LogP contribution in [0.25, 0.3) is 55.7 Å². The normalized spacial score (nSPS) is 10.6. The Bertz CT molecular complexity index is 2400. The van der Waals surface area contributed by atoms with Crippen molar-refractivity contribution < 1.29 is 4.70 Å². The topological polar surface area (TPSA) is 78.5 Å². The number of nitrogens with zero attached hydrogens (tertiary/aromatic N) is 6. The quantitative estimate of drug-likeness (QED) is 0.177. The zero-order valence-corrected chi connectivity index (χ0v) is 28.5. The fraction of sp³-hybridized carbons (Fsp3) is 0.100. The molecule has 0 spiro atoms. The molecular weight excluding hydrogens is 627 g/mol. The van der Waals surface area contributed by atoms with Crippen molar-refractivity contribution in [2.45, 2.75) is 13.8 Å². The van der Waals surface area contributed by atoms with Crippen LogP contribution in [0.5, 0.6) is 0 Å². The molecule has 8 rings (SSSR count). The van der Waals surface area contributed by atoms with Gasteiger partial charge in [0.1, 0.15) is 0 Å². The number of aromatic nitrogens is 6. The van der Waals surface area contributed by atoms with Gasteiger partial charge >= 0.3 is 69.5 Å². The second kappa shape index (κ2) is 15.0. The summed E-state index contributed by atoms with van der Waals surface area (Å²) in [5, 5.41) is 0.693. The molecule has 49 heavy (non-hydrogen) atoms. The Morgan fingerprint density at radius 1 is 0.571 bits per heavy atom. The molecule has 4 aromatic heterocycles. The van der Waals surface area contributed by atoms with Crippen molar-refractivity contribution in [3.8, 4) is 33.6 Å². The molecule has 0 fully saturated rings. The number of aryl methyl sites for hydroxylation is 4. The summed E-state index contributed by atoms with van der Waals surface area (Å²) in [5.74, 6) is 0. The van der Waals surface area contributed by atoms with Gasteiger partial charge in [0.05, 0.1) is 33.8 Å². The molecule has 4 heterocycles. The summed E-state index contributed by atoms with van der Waals surface area (Å²) in [6.07, 6.45) is 7.19. The summed E-state index contributed by atoms with van der Waals surface area (Å²) >= 11 is 6.05. The summed E-state index contributed by atoms with van der Waals surface area (Å²) in [6.45, 7) is 4.16. The van der Waals surface area contributed by atoms with Gasteiger partial charge in [0, 0.05) is 36.1 Å². The third-order valence-corrected chi connectivity index (χ3v) is 8.38. The Balaban J connectivity index is 0.000000137. The van der Waals surface area contributed by atoms with E-state index in [0.717, 1.165) is 62.9 Å². The van der Waals surface area contributed by atoms with Gasteiger partial charge in [-0.1, -0.05) is 71.3 Å².